The smallest absolute Gasteiger partial charge is 0.258 e. The van der Waals surface area contributed by atoms with Gasteiger partial charge in [0.25, 0.3) is 5.89 Å². The van der Waals surface area contributed by atoms with Crippen LogP contribution in [0.5, 0.6) is 5.75 Å². The minimum Gasteiger partial charge on any atom is -0.508 e. The fourth-order valence-corrected chi connectivity index (χ4v) is 2.24. The number of benzene rings is 2. The van der Waals surface area contributed by atoms with Gasteiger partial charge < -0.3 is 9.63 Å². The molecule has 0 bridgehead atoms. The highest BCUT2D eigenvalue weighted by molar-refractivity contribution is 6.42. The summed E-state index contributed by atoms with van der Waals surface area (Å²) < 4.78 is 5.26. The van der Waals surface area contributed by atoms with Crippen LogP contribution in [0.25, 0.3) is 22.8 Å². The maximum atomic E-state index is 9.73. The van der Waals surface area contributed by atoms with Crippen molar-refractivity contribution in [2.24, 2.45) is 0 Å². The van der Waals surface area contributed by atoms with E-state index in [2.05, 4.69) is 10.1 Å². The Bertz CT molecular complexity index is 815. The molecule has 0 unspecified atom stereocenters. The van der Waals surface area contributed by atoms with Crippen molar-refractivity contribution in [3.63, 3.8) is 0 Å². The summed E-state index contributed by atoms with van der Waals surface area (Å²) in [5, 5.41) is 14.6. The fourth-order valence-electron chi connectivity index (χ4n) is 1.94. The van der Waals surface area contributed by atoms with Gasteiger partial charge in [-0.1, -0.05) is 34.4 Å². The molecule has 0 saturated heterocycles. The number of phenols is 1. The molecule has 21 heavy (non-hydrogen) atoms. The second-order valence-electron chi connectivity index (χ2n) is 4.50. The maximum absolute atomic E-state index is 9.73. The minimum atomic E-state index is 0.182. The second kappa shape index (κ2) is 5.39. The molecule has 1 aromatic heterocycles. The molecular weight excluding hydrogens is 311 g/mol. The van der Waals surface area contributed by atoms with E-state index in [-0.39, 0.29) is 5.75 Å². The lowest BCUT2D eigenvalue weighted by Gasteiger charge is -2.02. The highest BCUT2D eigenvalue weighted by Crippen LogP contribution is 2.31. The predicted octanol–water partition coefficient (Wildman–Crippen LogP) is 4.72. The molecule has 0 saturated carbocycles. The van der Waals surface area contributed by atoms with Crippen LogP contribution in [-0.2, 0) is 0 Å². The Balaban J connectivity index is 2.03. The van der Waals surface area contributed by atoms with Gasteiger partial charge >= 0.3 is 0 Å². The molecule has 106 valence electrons. The third-order valence-electron chi connectivity index (χ3n) is 3.14. The lowest BCUT2D eigenvalue weighted by molar-refractivity contribution is 0.431. The zero-order valence-electron chi connectivity index (χ0n) is 11.0. The normalized spacial score (nSPS) is 10.8. The topological polar surface area (TPSA) is 59.2 Å². The number of aromatic nitrogens is 2. The molecule has 0 aliphatic rings. The van der Waals surface area contributed by atoms with Crippen LogP contribution in [0.1, 0.15) is 5.56 Å². The van der Waals surface area contributed by atoms with Crippen molar-refractivity contribution in [1.82, 2.24) is 10.1 Å². The Morgan fingerprint density at radius 3 is 2.67 bits per heavy atom. The molecule has 6 heteroatoms. The Hall–Kier alpha value is -2.04. The standard InChI is InChI=1S/C15H10Cl2N2O2/c1-8-10(3-2-4-13(8)20)15-18-14(19-21-15)9-5-6-11(16)12(17)7-9/h2-7,20H,1H3. The molecular formula is C15H10Cl2N2O2. The van der Waals surface area contributed by atoms with Crippen molar-refractivity contribution in [1.29, 1.82) is 0 Å². The highest BCUT2D eigenvalue weighted by Gasteiger charge is 2.14. The van der Waals surface area contributed by atoms with Gasteiger partial charge in [-0.3, -0.25) is 0 Å². The first-order chi connectivity index (χ1) is 10.1. The summed E-state index contributed by atoms with van der Waals surface area (Å²) in [5.74, 6) is 0.928. The van der Waals surface area contributed by atoms with E-state index in [1.807, 2.05) is 0 Å². The Morgan fingerprint density at radius 2 is 1.90 bits per heavy atom. The molecule has 1 heterocycles. The van der Waals surface area contributed by atoms with Crippen molar-refractivity contribution in [3.05, 3.63) is 52.0 Å². The van der Waals surface area contributed by atoms with Crippen LogP contribution in [0.2, 0.25) is 10.0 Å². The SMILES string of the molecule is Cc1c(O)cccc1-c1nc(-c2ccc(Cl)c(Cl)c2)no1. The quantitative estimate of drug-likeness (QED) is 0.741. The Kier molecular flexibility index (Phi) is 3.57. The summed E-state index contributed by atoms with van der Waals surface area (Å²) in [6, 6.07) is 10.2. The lowest BCUT2D eigenvalue weighted by atomic mass is 10.1. The molecule has 0 fully saturated rings. The zero-order valence-corrected chi connectivity index (χ0v) is 12.5. The fraction of sp³-hybridized carbons (Fsp3) is 0.0667. The van der Waals surface area contributed by atoms with Gasteiger partial charge in [-0.05, 0) is 37.3 Å². The number of hydrogen-bond donors (Lipinski definition) is 1. The van der Waals surface area contributed by atoms with Gasteiger partial charge in [0, 0.05) is 16.7 Å². The van der Waals surface area contributed by atoms with E-state index in [4.69, 9.17) is 27.7 Å². The lowest BCUT2D eigenvalue weighted by Crippen LogP contribution is -1.85. The minimum absolute atomic E-state index is 0.182. The molecule has 3 aromatic rings. The number of phenolic OH excluding ortho intramolecular Hbond substituents is 1. The van der Waals surface area contributed by atoms with Crippen LogP contribution in [-0.4, -0.2) is 15.2 Å². The van der Waals surface area contributed by atoms with Gasteiger partial charge in [0.2, 0.25) is 5.82 Å². The predicted molar refractivity (Wildman–Crippen MR) is 81.6 cm³/mol. The molecule has 0 aliphatic carbocycles. The van der Waals surface area contributed by atoms with Crippen molar-refractivity contribution >= 4 is 23.2 Å². The number of nitrogens with zero attached hydrogens (tertiary/aromatic N) is 2. The molecule has 0 spiro atoms. The molecule has 4 nitrogen and oxygen atoms in total. The van der Waals surface area contributed by atoms with Gasteiger partial charge in [-0.2, -0.15) is 4.98 Å². The van der Waals surface area contributed by atoms with Crippen molar-refractivity contribution < 1.29 is 9.63 Å². The molecule has 0 atom stereocenters. The third kappa shape index (κ3) is 2.60. The van der Waals surface area contributed by atoms with E-state index in [9.17, 15) is 5.11 Å². The first-order valence-electron chi connectivity index (χ1n) is 6.14. The van der Waals surface area contributed by atoms with E-state index >= 15 is 0 Å². The van der Waals surface area contributed by atoms with Gasteiger partial charge in [-0.25, -0.2) is 0 Å². The van der Waals surface area contributed by atoms with Gasteiger partial charge in [0.1, 0.15) is 5.75 Å². The van der Waals surface area contributed by atoms with Gasteiger partial charge in [0.05, 0.1) is 10.0 Å². The van der Waals surface area contributed by atoms with E-state index < -0.39 is 0 Å². The van der Waals surface area contributed by atoms with E-state index in [1.54, 1.807) is 43.3 Å². The van der Waals surface area contributed by atoms with Gasteiger partial charge in [0.15, 0.2) is 0 Å². The molecule has 0 aliphatic heterocycles. The maximum Gasteiger partial charge on any atom is 0.258 e. The van der Waals surface area contributed by atoms with Gasteiger partial charge in [-0.15, -0.1) is 0 Å². The second-order valence-corrected chi connectivity index (χ2v) is 5.32. The van der Waals surface area contributed by atoms with E-state index in [0.717, 1.165) is 0 Å². The molecule has 3 rings (SSSR count). The largest absolute Gasteiger partial charge is 0.508 e. The van der Waals surface area contributed by atoms with Crippen molar-refractivity contribution in [2.75, 3.05) is 0 Å². The summed E-state index contributed by atoms with van der Waals surface area (Å²) in [5.41, 5.74) is 2.08. The van der Waals surface area contributed by atoms with Crippen LogP contribution in [0.3, 0.4) is 0 Å². The van der Waals surface area contributed by atoms with E-state index in [1.165, 1.54) is 0 Å². The molecule has 1 N–H and O–H groups in total. The monoisotopic (exact) mass is 320 g/mol. The number of rotatable bonds is 2. The first-order valence-corrected chi connectivity index (χ1v) is 6.90. The van der Waals surface area contributed by atoms with Crippen LogP contribution in [0.4, 0.5) is 0 Å². The first kappa shape index (κ1) is 13.9. The average molecular weight is 321 g/mol. The number of halogens is 2. The molecule has 0 amide bonds. The number of hydrogen-bond acceptors (Lipinski definition) is 4. The molecule has 2 aromatic carbocycles. The zero-order chi connectivity index (χ0) is 15.0. The highest BCUT2D eigenvalue weighted by atomic mass is 35.5. The van der Waals surface area contributed by atoms with Crippen LogP contribution in [0, 0.1) is 6.92 Å². The third-order valence-corrected chi connectivity index (χ3v) is 3.88. The van der Waals surface area contributed by atoms with Crippen molar-refractivity contribution in [3.8, 4) is 28.6 Å². The average Bonchev–Trinajstić information content (AvgIpc) is 2.94. The number of aromatic hydroxyl groups is 1. The Morgan fingerprint density at radius 1 is 1.10 bits per heavy atom. The summed E-state index contributed by atoms with van der Waals surface area (Å²) in [7, 11) is 0. The Labute approximate surface area is 130 Å². The summed E-state index contributed by atoms with van der Waals surface area (Å²) in [6.45, 7) is 1.79. The summed E-state index contributed by atoms with van der Waals surface area (Å²) in [6.07, 6.45) is 0. The summed E-state index contributed by atoms with van der Waals surface area (Å²) in [4.78, 5) is 4.33. The van der Waals surface area contributed by atoms with Crippen LogP contribution in [0.15, 0.2) is 40.9 Å². The molecule has 0 radical (unpaired) electrons. The van der Waals surface area contributed by atoms with Crippen molar-refractivity contribution in [2.45, 2.75) is 6.92 Å². The van der Waals surface area contributed by atoms with E-state index in [0.29, 0.717) is 38.5 Å². The van der Waals surface area contributed by atoms with Crippen LogP contribution >= 0.6 is 23.2 Å². The summed E-state index contributed by atoms with van der Waals surface area (Å²) >= 11 is 11.9. The van der Waals surface area contributed by atoms with Crippen LogP contribution < -0.4 is 0 Å².